The van der Waals surface area contributed by atoms with Crippen LogP contribution in [0.4, 0.5) is 0 Å². The molecule has 0 aromatic carbocycles. The molecule has 0 bridgehead atoms. The molecule has 0 aromatic rings. The summed E-state index contributed by atoms with van der Waals surface area (Å²) in [6.45, 7) is 0.851. The summed E-state index contributed by atoms with van der Waals surface area (Å²) in [5.41, 5.74) is 5.04. The molecule has 1 amide bonds. The predicted molar refractivity (Wildman–Crippen MR) is 35.3 cm³/mol. The second-order valence-electron chi connectivity index (χ2n) is 2.21. The Labute approximate surface area is 54.0 Å². The number of carbonyl (C=O) groups is 1. The lowest BCUT2D eigenvalue weighted by Gasteiger charge is -2.10. The first kappa shape index (κ1) is 6.26. The van der Waals surface area contributed by atoms with Crippen LogP contribution in [0.2, 0.25) is 0 Å². The SMILES string of the molecule is NC(=O)C1C=NCCC1. The van der Waals surface area contributed by atoms with Gasteiger partial charge in [0.1, 0.15) is 0 Å². The largest absolute Gasteiger partial charge is 0.369 e. The Balaban J connectivity index is 2.50. The summed E-state index contributed by atoms with van der Waals surface area (Å²) in [5, 5.41) is 0. The number of amides is 1. The van der Waals surface area contributed by atoms with Gasteiger partial charge in [-0.1, -0.05) is 0 Å². The Hall–Kier alpha value is -0.860. The first-order valence-electron chi connectivity index (χ1n) is 3.10. The van der Waals surface area contributed by atoms with Crippen LogP contribution in [0.25, 0.3) is 0 Å². The normalized spacial score (nSPS) is 26.0. The molecule has 1 unspecified atom stereocenters. The van der Waals surface area contributed by atoms with Gasteiger partial charge in [0, 0.05) is 12.8 Å². The van der Waals surface area contributed by atoms with Gasteiger partial charge in [-0.05, 0) is 12.8 Å². The van der Waals surface area contributed by atoms with E-state index in [1.165, 1.54) is 0 Å². The minimum Gasteiger partial charge on any atom is -0.369 e. The molecule has 3 nitrogen and oxygen atoms in total. The van der Waals surface area contributed by atoms with Crippen molar-refractivity contribution < 1.29 is 4.79 Å². The second kappa shape index (κ2) is 2.62. The predicted octanol–water partition coefficient (Wildman–Crippen LogP) is -0.0475. The van der Waals surface area contributed by atoms with Gasteiger partial charge >= 0.3 is 0 Å². The maximum absolute atomic E-state index is 10.5. The fourth-order valence-electron chi connectivity index (χ4n) is 0.895. The molecular formula is C6H10N2O. The van der Waals surface area contributed by atoms with Gasteiger partial charge in [0.15, 0.2) is 0 Å². The van der Waals surface area contributed by atoms with Crippen LogP contribution in [-0.4, -0.2) is 18.7 Å². The Morgan fingerprint density at radius 2 is 2.56 bits per heavy atom. The zero-order valence-electron chi connectivity index (χ0n) is 5.21. The van der Waals surface area contributed by atoms with Crippen molar-refractivity contribution in [2.45, 2.75) is 12.8 Å². The number of nitrogens with zero attached hydrogens (tertiary/aromatic N) is 1. The molecule has 0 radical (unpaired) electrons. The molecule has 1 heterocycles. The standard InChI is InChI=1S/C6H10N2O/c7-6(9)5-2-1-3-8-4-5/h4-5H,1-3H2,(H2,7,9). The smallest absolute Gasteiger partial charge is 0.225 e. The van der Waals surface area contributed by atoms with Crippen molar-refractivity contribution in [3.8, 4) is 0 Å². The molecule has 3 heteroatoms. The van der Waals surface area contributed by atoms with Crippen molar-refractivity contribution in [1.82, 2.24) is 0 Å². The number of hydrogen-bond acceptors (Lipinski definition) is 2. The number of nitrogens with two attached hydrogens (primary N) is 1. The highest BCUT2D eigenvalue weighted by Crippen LogP contribution is 2.07. The highest BCUT2D eigenvalue weighted by atomic mass is 16.1. The summed E-state index contributed by atoms with van der Waals surface area (Å²) in [6, 6.07) is 0. The van der Waals surface area contributed by atoms with Gasteiger partial charge in [-0.25, -0.2) is 0 Å². The third-order valence-electron chi connectivity index (χ3n) is 1.45. The summed E-state index contributed by atoms with van der Waals surface area (Å²) >= 11 is 0. The van der Waals surface area contributed by atoms with Crippen LogP contribution in [-0.2, 0) is 4.79 Å². The van der Waals surface area contributed by atoms with E-state index in [2.05, 4.69) is 4.99 Å². The molecule has 2 N–H and O–H groups in total. The van der Waals surface area contributed by atoms with Crippen LogP contribution < -0.4 is 5.73 Å². The van der Waals surface area contributed by atoms with E-state index in [9.17, 15) is 4.79 Å². The van der Waals surface area contributed by atoms with Crippen LogP contribution >= 0.6 is 0 Å². The van der Waals surface area contributed by atoms with Crippen molar-refractivity contribution in [2.75, 3.05) is 6.54 Å². The zero-order valence-corrected chi connectivity index (χ0v) is 5.21. The fourth-order valence-corrected chi connectivity index (χ4v) is 0.895. The monoisotopic (exact) mass is 126 g/mol. The number of primary amides is 1. The quantitative estimate of drug-likeness (QED) is 0.526. The maximum atomic E-state index is 10.5. The molecule has 0 fully saturated rings. The average Bonchev–Trinajstić information content (AvgIpc) is 1.90. The summed E-state index contributed by atoms with van der Waals surface area (Å²) < 4.78 is 0. The maximum Gasteiger partial charge on any atom is 0.225 e. The van der Waals surface area contributed by atoms with E-state index >= 15 is 0 Å². The van der Waals surface area contributed by atoms with Crippen molar-refractivity contribution in [3.05, 3.63) is 0 Å². The van der Waals surface area contributed by atoms with E-state index in [0.717, 1.165) is 19.4 Å². The highest BCUT2D eigenvalue weighted by Gasteiger charge is 2.13. The minimum atomic E-state index is -0.251. The Morgan fingerprint density at radius 1 is 1.78 bits per heavy atom. The van der Waals surface area contributed by atoms with Gasteiger partial charge in [-0.15, -0.1) is 0 Å². The first-order chi connectivity index (χ1) is 4.30. The Morgan fingerprint density at radius 3 is 2.89 bits per heavy atom. The van der Waals surface area contributed by atoms with Crippen LogP contribution in [0.15, 0.2) is 4.99 Å². The van der Waals surface area contributed by atoms with Gasteiger partial charge in [-0.2, -0.15) is 0 Å². The molecular weight excluding hydrogens is 116 g/mol. The van der Waals surface area contributed by atoms with Crippen LogP contribution in [0.3, 0.4) is 0 Å². The van der Waals surface area contributed by atoms with Gasteiger partial charge in [0.2, 0.25) is 5.91 Å². The lowest BCUT2D eigenvalue weighted by molar-refractivity contribution is -0.120. The van der Waals surface area contributed by atoms with E-state index in [1.807, 2.05) is 0 Å². The van der Waals surface area contributed by atoms with Crippen molar-refractivity contribution in [1.29, 1.82) is 0 Å². The molecule has 0 saturated carbocycles. The highest BCUT2D eigenvalue weighted by molar-refractivity contribution is 5.92. The number of hydrogen-bond donors (Lipinski definition) is 1. The fraction of sp³-hybridized carbons (Fsp3) is 0.667. The molecule has 1 aliphatic heterocycles. The van der Waals surface area contributed by atoms with E-state index in [-0.39, 0.29) is 11.8 Å². The third kappa shape index (κ3) is 1.52. The lowest BCUT2D eigenvalue weighted by atomic mass is 10.0. The van der Waals surface area contributed by atoms with E-state index in [4.69, 9.17) is 5.73 Å². The number of aliphatic imine (C=N–C) groups is 1. The van der Waals surface area contributed by atoms with Gasteiger partial charge < -0.3 is 5.73 Å². The summed E-state index contributed by atoms with van der Waals surface area (Å²) in [7, 11) is 0. The van der Waals surface area contributed by atoms with Gasteiger partial charge in [0.05, 0.1) is 5.92 Å². The lowest BCUT2D eigenvalue weighted by Crippen LogP contribution is -2.26. The topological polar surface area (TPSA) is 55.5 Å². The third-order valence-corrected chi connectivity index (χ3v) is 1.45. The first-order valence-corrected chi connectivity index (χ1v) is 3.10. The molecule has 0 spiro atoms. The summed E-state index contributed by atoms with van der Waals surface area (Å²) in [6.07, 6.45) is 3.52. The Bertz CT molecular complexity index is 142. The number of rotatable bonds is 1. The molecule has 9 heavy (non-hydrogen) atoms. The average molecular weight is 126 g/mol. The minimum absolute atomic E-state index is 0.0984. The van der Waals surface area contributed by atoms with Gasteiger partial charge in [0.25, 0.3) is 0 Å². The molecule has 0 aromatic heterocycles. The molecule has 0 aliphatic carbocycles. The number of carbonyl (C=O) groups excluding carboxylic acids is 1. The molecule has 1 aliphatic rings. The summed E-state index contributed by atoms with van der Waals surface area (Å²) in [4.78, 5) is 14.4. The van der Waals surface area contributed by atoms with Crippen molar-refractivity contribution >= 4 is 12.1 Å². The second-order valence-corrected chi connectivity index (χ2v) is 2.21. The Kier molecular flexibility index (Phi) is 1.82. The van der Waals surface area contributed by atoms with E-state index < -0.39 is 0 Å². The molecule has 1 atom stereocenters. The molecule has 1 rings (SSSR count). The van der Waals surface area contributed by atoms with Gasteiger partial charge in [-0.3, -0.25) is 9.79 Å². The molecule has 50 valence electrons. The zero-order chi connectivity index (χ0) is 6.69. The van der Waals surface area contributed by atoms with Crippen molar-refractivity contribution in [3.63, 3.8) is 0 Å². The van der Waals surface area contributed by atoms with Crippen LogP contribution in [0.1, 0.15) is 12.8 Å². The molecule has 0 saturated heterocycles. The van der Waals surface area contributed by atoms with Crippen LogP contribution in [0, 0.1) is 5.92 Å². The van der Waals surface area contributed by atoms with E-state index in [0.29, 0.717) is 0 Å². The van der Waals surface area contributed by atoms with Crippen molar-refractivity contribution in [2.24, 2.45) is 16.6 Å². The van der Waals surface area contributed by atoms with E-state index in [1.54, 1.807) is 6.21 Å². The van der Waals surface area contributed by atoms with Crippen LogP contribution in [0.5, 0.6) is 0 Å². The summed E-state index contributed by atoms with van der Waals surface area (Å²) in [5.74, 6) is -0.350.